The SMILES string of the molecule is COc1cnc(Cl)cc1-c1cc(C)ncc1C(=O)Nc1nnc(O[C@H]2CO[C@@H](C)C2)s1. The summed E-state index contributed by atoms with van der Waals surface area (Å²) in [6, 6.07) is 3.44. The van der Waals surface area contributed by atoms with E-state index in [1.165, 1.54) is 19.5 Å². The van der Waals surface area contributed by atoms with Gasteiger partial charge in [-0.2, -0.15) is 0 Å². The van der Waals surface area contributed by atoms with Crippen LogP contribution in [0.15, 0.2) is 24.5 Å². The third-order valence-electron chi connectivity index (χ3n) is 4.69. The van der Waals surface area contributed by atoms with Crippen molar-refractivity contribution in [3.63, 3.8) is 0 Å². The first-order valence-electron chi connectivity index (χ1n) is 9.52. The zero-order valence-corrected chi connectivity index (χ0v) is 18.7. The summed E-state index contributed by atoms with van der Waals surface area (Å²) in [5.74, 6) is 0.0988. The van der Waals surface area contributed by atoms with Crippen LogP contribution in [0.25, 0.3) is 11.1 Å². The van der Waals surface area contributed by atoms with Crippen molar-refractivity contribution in [2.24, 2.45) is 0 Å². The zero-order valence-electron chi connectivity index (χ0n) is 17.1. The number of anilines is 1. The van der Waals surface area contributed by atoms with Crippen LogP contribution >= 0.6 is 22.9 Å². The fraction of sp³-hybridized carbons (Fsp3) is 0.350. The molecule has 4 rings (SSSR count). The molecule has 3 aromatic heterocycles. The van der Waals surface area contributed by atoms with Gasteiger partial charge in [-0.25, -0.2) is 4.98 Å². The molecule has 4 heterocycles. The number of aromatic nitrogens is 4. The summed E-state index contributed by atoms with van der Waals surface area (Å²) in [5.41, 5.74) is 2.32. The van der Waals surface area contributed by atoms with Crippen LogP contribution in [0.4, 0.5) is 5.13 Å². The molecule has 1 N–H and O–H groups in total. The predicted octanol–water partition coefficient (Wildman–Crippen LogP) is 3.77. The van der Waals surface area contributed by atoms with Crippen LogP contribution in [-0.2, 0) is 4.74 Å². The van der Waals surface area contributed by atoms with Crippen LogP contribution < -0.4 is 14.8 Å². The Hall–Kier alpha value is -2.82. The van der Waals surface area contributed by atoms with E-state index in [1.807, 2.05) is 13.8 Å². The number of carbonyl (C=O) groups excluding carboxylic acids is 1. The molecule has 2 atom stereocenters. The first-order valence-corrected chi connectivity index (χ1v) is 10.7. The van der Waals surface area contributed by atoms with Gasteiger partial charge in [0, 0.05) is 29.4 Å². The molecule has 0 bridgehead atoms. The van der Waals surface area contributed by atoms with E-state index >= 15 is 0 Å². The van der Waals surface area contributed by atoms with Crippen molar-refractivity contribution < 1.29 is 19.0 Å². The molecule has 1 aliphatic heterocycles. The number of ether oxygens (including phenoxy) is 3. The number of nitrogens with one attached hydrogen (secondary N) is 1. The smallest absolute Gasteiger partial charge is 0.296 e. The molecule has 9 nitrogen and oxygen atoms in total. The highest BCUT2D eigenvalue weighted by atomic mass is 35.5. The first kappa shape index (κ1) is 21.4. The second-order valence-electron chi connectivity index (χ2n) is 7.03. The molecule has 0 aromatic carbocycles. The summed E-state index contributed by atoms with van der Waals surface area (Å²) in [7, 11) is 1.53. The monoisotopic (exact) mass is 461 g/mol. The number of methoxy groups -OCH3 is 1. The standard InChI is InChI=1S/C20H20ClN5O4S/c1-10-4-13(14-6-17(21)23-8-16(14)28-3)15(7-22-10)18(27)24-19-25-26-20(31-19)30-12-5-11(2)29-9-12/h4,6-8,11-12H,5,9H2,1-3H3,(H,24,25,27)/t11-,12+/m0/s1. The highest BCUT2D eigenvalue weighted by molar-refractivity contribution is 7.17. The average molecular weight is 462 g/mol. The summed E-state index contributed by atoms with van der Waals surface area (Å²) in [4.78, 5) is 21.3. The second-order valence-corrected chi connectivity index (χ2v) is 8.35. The molecular formula is C20H20ClN5O4S. The van der Waals surface area contributed by atoms with Gasteiger partial charge in [-0.3, -0.25) is 15.1 Å². The van der Waals surface area contributed by atoms with E-state index in [2.05, 4.69) is 25.5 Å². The van der Waals surface area contributed by atoms with Gasteiger partial charge in [0.2, 0.25) is 5.13 Å². The van der Waals surface area contributed by atoms with Gasteiger partial charge in [0.15, 0.2) is 0 Å². The van der Waals surface area contributed by atoms with Crippen LogP contribution in [0.3, 0.4) is 0 Å². The van der Waals surface area contributed by atoms with Gasteiger partial charge in [0.1, 0.15) is 17.0 Å². The van der Waals surface area contributed by atoms with Gasteiger partial charge in [0.25, 0.3) is 11.1 Å². The summed E-state index contributed by atoms with van der Waals surface area (Å²) in [5, 5.41) is 11.7. The Labute approximate surface area is 187 Å². The van der Waals surface area contributed by atoms with E-state index in [9.17, 15) is 4.79 Å². The number of aryl methyl sites for hydroxylation is 1. The summed E-state index contributed by atoms with van der Waals surface area (Å²) >= 11 is 7.24. The number of halogens is 1. The van der Waals surface area contributed by atoms with E-state index in [1.54, 1.807) is 12.1 Å². The quantitative estimate of drug-likeness (QED) is 0.552. The van der Waals surface area contributed by atoms with Crippen molar-refractivity contribution in [1.82, 2.24) is 20.2 Å². The maximum atomic E-state index is 13.0. The molecule has 0 spiro atoms. The number of hydrogen-bond donors (Lipinski definition) is 1. The predicted molar refractivity (Wildman–Crippen MR) is 116 cm³/mol. The van der Waals surface area contributed by atoms with E-state index in [4.69, 9.17) is 25.8 Å². The number of nitrogens with zero attached hydrogens (tertiary/aromatic N) is 4. The number of carbonyl (C=O) groups is 1. The van der Waals surface area contributed by atoms with Crippen molar-refractivity contribution in [3.05, 3.63) is 40.9 Å². The van der Waals surface area contributed by atoms with Crippen molar-refractivity contribution >= 4 is 34.0 Å². The lowest BCUT2D eigenvalue weighted by Crippen LogP contribution is -2.15. The molecule has 1 amide bonds. The van der Waals surface area contributed by atoms with Crippen LogP contribution in [0.5, 0.6) is 10.9 Å². The third kappa shape index (κ3) is 4.92. The van der Waals surface area contributed by atoms with Crippen LogP contribution in [0.1, 0.15) is 29.4 Å². The Bertz CT molecular complexity index is 1110. The largest absolute Gasteiger partial charge is 0.494 e. The van der Waals surface area contributed by atoms with Gasteiger partial charge in [-0.1, -0.05) is 16.7 Å². The summed E-state index contributed by atoms with van der Waals surface area (Å²) < 4.78 is 16.7. The first-order chi connectivity index (χ1) is 14.9. The summed E-state index contributed by atoms with van der Waals surface area (Å²) in [6.07, 6.45) is 3.89. The highest BCUT2D eigenvalue weighted by Crippen LogP contribution is 2.34. The number of amides is 1. The Morgan fingerprint density at radius 1 is 1.26 bits per heavy atom. The average Bonchev–Trinajstić information content (AvgIpc) is 3.36. The van der Waals surface area contributed by atoms with Crippen molar-refractivity contribution in [2.45, 2.75) is 32.5 Å². The van der Waals surface area contributed by atoms with Crippen LogP contribution in [-0.4, -0.2) is 52.0 Å². The Balaban J connectivity index is 1.57. The minimum absolute atomic E-state index is 0.0664. The van der Waals surface area contributed by atoms with Gasteiger partial charge in [-0.15, -0.1) is 5.10 Å². The van der Waals surface area contributed by atoms with E-state index in [0.29, 0.717) is 39.4 Å². The lowest BCUT2D eigenvalue weighted by Gasteiger charge is -2.13. The highest BCUT2D eigenvalue weighted by Gasteiger charge is 2.25. The molecule has 0 aliphatic carbocycles. The molecule has 162 valence electrons. The molecule has 31 heavy (non-hydrogen) atoms. The minimum Gasteiger partial charge on any atom is -0.494 e. The van der Waals surface area contributed by atoms with Crippen LogP contribution in [0, 0.1) is 6.92 Å². The lowest BCUT2D eigenvalue weighted by molar-refractivity contribution is 0.102. The fourth-order valence-corrected chi connectivity index (χ4v) is 4.04. The maximum absolute atomic E-state index is 13.0. The lowest BCUT2D eigenvalue weighted by atomic mass is 10.0. The molecular weight excluding hydrogens is 442 g/mol. The zero-order chi connectivity index (χ0) is 22.0. The van der Waals surface area contributed by atoms with Crippen molar-refractivity contribution in [1.29, 1.82) is 0 Å². The van der Waals surface area contributed by atoms with Gasteiger partial charge in [-0.05, 0) is 37.3 Å². The van der Waals surface area contributed by atoms with Gasteiger partial charge in [0.05, 0.1) is 31.6 Å². The molecule has 0 unspecified atom stereocenters. The molecule has 3 aromatic rings. The van der Waals surface area contributed by atoms with Crippen LogP contribution in [0.2, 0.25) is 5.15 Å². The molecule has 11 heteroatoms. The van der Waals surface area contributed by atoms with E-state index in [-0.39, 0.29) is 17.4 Å². The normalized spacial score (nSPS) is 18.1. The Morgan fingerprint density at radius 3 is 2.84 bits per heavy atom. The second kappa shape index (κ2) is 9.13. The molecule has 1 aliphatic rings. The molecule has 0 saturated carbocycles. The molecule has 0 radical (unpaired) electrons. The summed E-state index contributed by atoms with van der Waals surface area (Å²) in [6.45, 7) is 4.34. The fourth-order valence-electron chi connectivity index (χ4n) is 3.23. The van der Waals surface area contributed by atoms with Crippen molar-refractivity contribution in [2.75, 3.05) is 19.0 Å². The van der Waals surface area contributed by atoms with E-state index in [0.717, 1.165) is 23.5 Å². The van der Waals surface area contributed by atoms with Gasteiger partial charge >= 0.3 is 0 Å². The Kier molecular flexibility index (Phi) is 6.30. The topological polar surface area (TPSA) is 108 Å². The molecule has 1 saturated heterocycles. The Morgan fingerprint density at radius 2 is 2.10 bits per heavy atom. The van der Waals surface area contributed by atoms with E-state index < -0.39 is 5.91 Å². The maximum Gasteiger partial charge on any atom is 0.296 e. The number of pyridine rings is 2. The minimum atomic E-state index is -0.391. The number of rotatable bonds is 6. The van der Waals surface area contributed by atoms with Gasteiger partial charge < -0.3 is 14.2 Å². The third-order valence-corrected chi connectivity index (χ3v) is 5.62. The molecule has 1 fully saturated rings. The van der Waals surface area contributed by atoms with Crippen molar-refractivity contribution in [3.8, 4) is 22.1 Å². The number of hydrogen-bond acceptors (Lipinski definition) is 9.